The van der Waals surface area contributed by atoms with Crippen LogP contribution in [-0.4, -0.2) is 44.2 Å². The van der Waals surface area contributed by atoms with E-state index in [1.807, 2.05) is 0 Å². The number of aliphatic hydroxyl groups excluding tert-OH is 3. The van der Waals surface area contributed by atoms with Crippen LogP contribution in [0.4, 0.5) is 0 Å². The Labute approximate surface area is 156 Å². The molecule has 0 aliphatic carbocycles. The van der Waals surface area contributed by atoms with Gasteiger partial charge < -0.3 is 25.2 Å². The molecule has 1 aliphatic heterocycles. The molecular weight excluding hydrogens is 336 g/mol. The highest BCUT2D eigenvalue weighted by Gasteiger charge is 2.52. The first-order chi connectivity index (χ1) is 12.4. The zero-order chi connectivity index (χ0) is 19.6. The van der Waals surface area contributed by atoms with Gasteiger partial charge in [0.25, 0.3) is 0 Å². The van der Waals surface area contributed by atoms with Crippen LogP contribution >= 0.6 is 0 Å². The van der Waals surface area contributed by atoms with Gasteiger partial charge in [-0.1, -0.05) is 78.1 Å². The van der Waals surface area contributed by atoms with E-state index in [1.54, 1.807) is 0 Å². The molecule has 0 saturated heterocycles. The van der Waals surface area contributed by atoms with Crippen LogP contribution in [0.15, 0.2) is 11.5 Å². The molecule has 1 heterocycles. The van der Waals surface area contributed by atoms with Gasteiger partial charge in [0.2, 0.25) is 5.76 Å². The number of hydrogen-bond donors (Lipinski definition) is 4. The molecule has 3 atom stereocenters. The first-order valence-electron chi connectivity index (χ1n) is 10.1. The number of esters is 1. The van der Waals surface area contributed by atoms with Gasteiger partial charge in [-0.05, 0) is 12.8 Å². The van der Waals surface area contributed by atoms with Gasteiger partial charge in [-0.15, -0.1) is 0 Å². The molecule has 0 radical (unpaired) electrons. The van der Waals surface area contributed by atoms with E-state index >= 15 is 0 Å². The third kappa shape index (κ3) is 6.16. The maximum absolute atomic E-state index is 11.5. The average molecular weight is 373 g/mol. The van der Waals surface area contributed by atoms with E-state index < -0.39 is 35.3 Å². The number of cyclic esters (lactones) is 1. The lowest BCUT2D eigenvalue weighted by molar-refractivity contribution is -0.175. The number of unbranched alkanes of at least 4 members (excludes halogenated alkanes) is 8. The van der Waals surface area contributed by atoms with E-state index in [1.165, 1.54) is 0 Å². The summed E-state index contributed by atoms with van der Waals surface area (Å²) in [6.45, 7) is 4.24. The standard InChI is InChI=1S/C20H36O6/c1-3-5-7-9-11-13-15(21)20(25,14-12-10-8-6-4-2)18-16(22)17(23)19(24)26-18/h15,18,21-23,25H,3-14H2,1-2H3/t15?,18-,20-/m0/s1. The Kier molecular flexibility index (Phi) is 10.0. The van der Waals surface area contributed by atoms with E-state index in [-0.39, 0.29) is 6.42 Å². The van der Waals surface area contributed by atoms with Crippen molar-refractivity contribution in [2.24, 2.45) is 0 Å². The first kappa shape index (κ1) is 22.8. The monoisotopic (exact) mass is 372 g/mol. The predicted octanol–water partition coefficient (Wildman–Crippen LogP) is 4.05. The third-order valence-electron chi connectivity index (χ3n) is 5.20. The van der Waals surface area contributed by atoms with Crippen LogP contribution in [-0.2, 0) is 9.53 Å². The smallest absolute Gasteiger partial charge is 0.378 e. The molecule has 0 bridgehead atoms. The second-order valence-corrected chi connectivity index (χ2v) is 7.39. The molecule has 0 aromatic heterocycles. The third-order valence-corrected chi connectivity index (χ3v) is 5.20. The van der Waals surface area contributed by atoms with Crippen molar-refractivity contribution in [3.63, 3.8) is 0 Å². The number of rotatable bonds is 14. The molecule has 0 aromatic rings. The van der Waals surface area contributed by atoms with Crippen LogP contribution in [0.2, 0.25) is 0 Å². The van der Waals surface area contributed by atoms with Gasteiger partial charge in [-0.2, -0.15) is 0 Å². The van der Waals surface area contributed by atoms with Crippen LogP contribution in [0.5, 0.6) is 0 Å². The Morgan fingerprint density at radius 1 is 0.962 bits per heavy atom. The molecule has 4 N–H and O–H groups in total. The van der Waals surface area contributed by atoms with Crippen LogP contribution in [0, 0.1) is 0 Å². The molecule has 152 valence electrons. The maximum Gasteiger partial charge on any atom is 0.378 e. The molecule has 0 spiro atoms. The molecule has 1 aliphatic rings. The van der Waals surface area contributed by atoms with E-state index in [0.717, 1.165) is 57.8 Å². The van der Waals surface area contributed by atoms with E-state index in [9.17, 15) is 25.2 Å². The van der Waals surface area contributed by atoms with E-state index in [0.29, 0.717) is 12.8 Å². The lowest BCUT2D eigenvalue weighted by atomic mass is 9.81. The summed E-state index contributed by atoms with van der Waals surface area (Å²) in [5, 5.41) is 41.3. The van der Waals surface area contributed by atoms with Gasteiger partial charge in [0.15, 0.2) is 11.9 Å². The van der Waals surface area contributed by atoms with Crippen LogP contribution in [0.3, 0.4) is 0 Å². The highest BCUT2D eigenvalue weighted by molar-refractivity contribution is 5.89. The maximum atomic E-state index is 11.5. The van der Waals surface area contributed by atoms with E-state index in [4.69, 9.17) is 4.74 Å². The lowest BCUT2D eigenvalue weighted by Gasteiger charge is -2.37. The topological polar surface area (TPSA) is 107 Å². The molecule has 1 rings (SSSR count). The van der Waals surface area contributed by atoms with Crippen LogP contribution in [0.1, 0.15) is 90.9 Å². The Morgan fingerprint density at radius 2 is 1.50 bits per heavy atom. The zero-order valence-electron chi connectivity index (χ0n) is 16.2. The second-order valence-electron chi connectivity index (χ2n) is 7.39. The summed E-state index contributed by atoms with van der Waals surface area (Å²) in [5.41, 5.74) is -1.79. The fraction of sp³-hybridized carbons (Fsp3) is 0.850. The Balaban J connectivity index is 2.73. The number of hydrogen-bond acceptors (Lipinski definition) is 6. The molecule has 0 fully saturated rings. The molecule has 6 nitrogen and oxygen atoms in total. The average Bonchev–Trinajstić information content (AvgIpc) is 2.88. The minimum absolute atomic E-state index is 0.197. The number of carbonyl (C=O) groups excluding carboxylic acids is 1. The molecule has 1 unspecified atom stereocenters. The van der Waals surface area contributed by atoms with Gasteiger partial charge in [0.05, 0.1) is 6.10 Å². The highest BCUT2D eigenvalue weighted by atomic mass is 16.6. The van der Waals surface area contributed by atoms with Gasteiger partial charge in [0.1, 0.15) is 5.60 Å². The van der Waals surface area contributed by atoms with Crippen molar-refractivity contribution in [3.8, 4) is 0 Å². The van der Waals surface area contributed by atoms with Crippen molar-refractivity contribution in [1.82, 2.24) is 0 Å². The summed E-state index contributed by atoms with van der Waals surface area (Å²) < 4.78 is 4.97. The van der Waals surface area contributed by atoms with Gasteiger partial charge >= 0.3 is 5.97 Å². The van der Waals surface area contributed by atoms with Crippen molar-refractivity contribution in [2.45, 2.75) is 109 Å². The minimum Gasteiger partial charge on any atom is -0.505 e. The predicted molar refractivity (Wildman–Crippen MR) is 99.9 cm³/mol. The van der Waals surface area contributed by atoms with Gasteiger partial charge in [0, 0.05) is 0 Å². The zero-order valence-corrected chi connectivity index (χ0v) is 16.2. The summed E-state index contributed by atoms with van der Waals surface area (Å²) in [4.78, 5) is 11.5. The molecule has 0 amide bonds. The highest BCUT2D eigenvalue weighted by Crippen LogP contribution is 2.36. The summed E-state index contributed by atoms with van der Waals surface area (Å²) in [5.74, 6) is -2.63. The first-order valence-corrected chi connectivity index (χ1v) is 10.1. The number of ether oxygens (including phenoxy) is 1. The summed E-state index contributed by atoms with van der Waals surface area (Å²) in [7, 11) is 0. The van der Waals surface area contributed by atoms with Crippen LogP contribution < -0.4 is 0 Å². The van der Waals surface area contributed by atoms with Crippen molar-refractivity contribution >= 4 is 5.97 Å². The fourth-order valence-electron chi connectivity index (χ4n) is 3.46. The molecular formula is C20H36O6. The van der Waals surface area contributed by atoms with Crippen molar-refractivity contribution in [1.29, 1.82) is 0 Å². The van der Waals surface area contributed by atoms with Crippen molar-refractivity contribution in [2.75, 3.05) is 0 Å². The lowest BCUT2D eigenvalue weighted by Crippen LogP contribution is -2.53. The summed E-state index contributed by atoms with van der Waals surface area (Å²) >= 11 is 0. The summed E-state index contributed by atoms with van der Waals surface area (Å²) in [6.07, 6.45) is 7.79. The van der Waals surface area contributed by atoms with Crippen molar-refractivity contribution in [3.05, 3.63) is 11.5 Å². The quantitative estimate of drug-likeness (QED) is 0.271. The molecule has 0 saturated carbocycles. The van der Waals surface area contributed by atoms with Crippen LogP contribution in [0.25, 0.3) is 0 Å². The fourth-order valence-corrected chi connectivity index (χ4v) is 3.46. The Morgan fingerprint density at radius 3 is 2.00 bits per heavy atom. The molecule has 26 heavy (non-hydrogen) atoms. The molecule has 0 aromatic carbocycles. The van der Waals surface area contributed by atoms with Gasteiger partial charge in [-0.25, -0.2) is 4.79 Å². The van der Waals surface area contributed by atoms with Crippen molar-refractivity contribution < 1.29 is 30.0 Å². The largest absolute Gasteiger partial charge is 0.505 e. The molecule has 6 heteroatoms. The minimum atomic E-state index is -1.79. The normalized spacial score (nSPS) is 20.9. The van der Waals surface area contributed by atoms with E-state index in [2.05, 4.69) is 13.8 Å². The van der Waals surface area contributed by atoms with Gasteiger partial charge in [-0.3, -0.25) is 0 Å². The Bertz CT molecular complexity index is 461. The Hall–Kier alpha value is -1.27. The summed E-state index contributed by atoms with van der Waals surface area (Å²) in [6, 6.07) is 0. The number of aliphatic hydroxyl groups is 4. The second kappa shape index (κ2) is 11.4. The SMILES string of the molecule is CCCCCCCC(O)[C@@](O)(CCCCCCC)[C@H]1OC(=O)C(O)=C1O. The number of carbonyl (C=O) groups is 1.